The highest BCUT2D eigenvalue weighted by molar-refractivity contribution is 5.87. The van der Waals surface area contributed by atoms with E-state index in [0.717, 1.165) is 5.56 Å². The van der Waals surface area contributed by atoms with Crippen molar-refractivity contribution in [2.75, 3.05) is 6.61 Å². The largest absolute Gasteiger partial charge is 0.508 e. The third-order valence-electron chi connectivity index (χ3n) is 4.13. The predicted molar refractivity (Wildman–Crippen MR) is 85.4 cm³/mol. The molecule has 3 rings (SSSR count). The van der Waals surface area contributed by atoms with Crippen LogP contribution < -0.4 is 0 Å². The Hall–Kier alpha value is -2.57. The van der Waals surface area contributed by atoms with Crippen LogP contribution in [0.15, 0.2) is 54.3 Å². The summed E-state index contributed by atoms with van der Waals surface area (Å²) < 4.78 is 10.2. The van der Waals surface area contributed by atoms with Crippen molar-refractivity contribution in [3.63, 3.8) is 0 Å². The Morgan fingerprint density at radius 2 is 2.00 bits per heavy atom. The first kappa shape index (κ1) is 16.3. The van der Waals surface area contributed by atoms with Crippen molar-refractivity contribution >= 4 is 12.0 Å². The van der Waals surface area contributed by atoms with E-state index in [9.17, 15) is 20.1 Å². The Kier molecular flexibility index (Phi) is 4.69. The molecule has 1 aromatic carbocycles. The van der Waals surface area contributed by atoms with Crippen molar-refractivity contribution in [1.29, 1.82) is 0 Å². The van der Waals surface area contributed by atoms with Crippen LogP contribution in [0, 0.1) is 11.8 Å². The summed E-state index contributed by atoms with van der Waals surface area (Å²) in [5.74, 6) is -1.07. The maximum absolute atomic E-state index is 11.8. The fourth-order valence-electron chi connectivity index (χ4n) is 2.91. The van der Waals surface area contributed by atoms with Gasteiger partial charge in [0, 0.05) is 12.0 Å². The molecule has 0 saturated carbocycles. The lowest BCUT2D eigenvalue weighted by molar-refractivity contribution is -0.138. The van der Waals surface area contributed by atoms with Gasteiger partial charge in [-0.1, -0.05) is 18.2 Å². The lowest BCUT2D eigenvalue weighted by Crippen LogP contribution is -2.34. The van der Waals surface area contributed by atoms with Gasteiger partial charge in [0.05, 0.1) is 18.3 Å². The third kappa shape index (κ3) is 3.50. The van der Waals surface area contributed by atoms with Crippen LogP contribution in [-0.4, -0.2) is 40.3 Å². The topological polar surface area (TPSA) is 96.2 Å². The van der Waals surface area contributed by atoms with Gasteiger partial charge >= 0.3 is 5.97 Å². The number of carbonyl (C=O) groups excluding carboxylic acids is 1. The summed E-state index contributed by atoms with van der Waals surface area (Å²) in [5, 5.41) is 29.1. The van der Waals surface area contributed by atoms with Gasteiger partial charge in [-0.2, -0.15) is 0 Å². The smallest absolute Gasteiger partial charge is 0.331 e. The van der Waals surface area contributed by atoms with Crippen LogP contribution in [0.4, 0.5) is 0 Å². The molecular formula is C18H18O6. The number of carbonyl (C=O) groups is 1. The highest BCUT2D eigenvalue weighted by atomic mass is 16.6. The number of aromatic hydroxyl groups is 1. The van der Waals surface area contributed by atoms with Crippen molar-refractivity contribution in [2.45, 2.75) is 12.4 Å². The van der Waals surface area contributed by atoms with E-state index >= 15 is 0 Å². The average molecular weight is 330 g/mol. The van der Waals surface area contributed by atoms with Gasteiger partial charge in [0.25, 0.3) is 0 Å². The predicted octanol–water partition coefficient (Wildman–Crippen LogP) is 1.34. The molecule has 6 heteroatoms. The monoisotopic (exact) mass is 330 g/mol. The molecule has 4 atom stereocenters. The van der Waals surface area contributed by atoms with Crippen LogP contribution in [0.1, 0.15) is 5.56 Å². The maximum Gasteiger partial charge on any atom is 0.331 e. The van der Waals surface area contributed by atoms with Gasteiger partial charge in [0.2, 0.25) is 6.29 Å². The summed E-state index contributed by atoms with van der Waals surface area (Å²) >= 11 is 0. The van der Waals surface area contributed by atoms with Gasteiger partial charge in [-0.05, 0) is 35.4 Å². The van der Waals surface area contributed by atoms with E-state index < -0.39 is 24.3 Å². The number of aliphatic hydroxyl groups excluding tert-OH is 2. The summed E-state index contributed by atoms with van der Waals surface area (Å²) in [7, 11) is 0. The van der Waals surface area contributed by atoms with Crippen molar-refractivity contribution in [1.82, 2.24) is 0 Å². The van der Waals surface area contributed by atoms with E-state index in [1.54, 1.807) is 30.4 Å². The van der Waals surface area contributed by atoms with Crippen molar-refractivity contribution in [2.24, 2.45) is 11.8 Å². The van der Waals surface area contributed by atoms with Crippen molar-refractivity contribution in [3.05, 3.63) is 59.9 Å². The highest BCUT2D eigenvalue weighted by Crippen LogP contribution is 2.38. The van der Waals surface area contributed by atoms with Crippen LogP contribution in [-0.2, 0) is 14.3 Å². The van der Waals surface area contributed by atoms with Crippen molar-refractivity contribution < 1.29 is 29.6 Å². The molecule has 3 N–H and O–H groups in total. The zero-order chi connectivity index (χ0) is 17.1. The minimum absolute atomic E-state index is 0.0226. The zero-order valence-corrected chi connectivity index (χ0v) is 12.8. The fourth-order valence-corrected chi connectivity index (χ4v) is 2.91. The quantitative estimate of drug-likeness (QED) is 0.438. The second kappa shape index (κ2) is 6.90. The molecule has 0 saturated heterocycles. The van der Waals surface area contributed by atoms with E-state index in [-0.39, 0.29) is 18.3 Å². The molecular weight excluding hydrogens is 312 g/mol. The number of phenols is 1. The second-order valence-electron chi connectivity index (χ2n) is 5.72. The van der Waals surface area contributed by atoms with Gasteiger partial charge in [-0.25, -0.2) is 4.79 Å². The number of hydrogen-bond acceptors (Lipinski definition) is 6. The number of benzene rings is 1. The molecule has 0 spiro atoms. The Labute approximate surface area is 139 Å². The molecule has 6 nitrogen and oxygen atoms in total. The van der Waals surface area contributed by atoms with E-state index in [1.807, 2.05) is 0 Å². The molecule has 2 aliphatic rings. The molecule has 1 aromatic rings. The Morgan fingerprint density at radius 1 is 1.25 bits per heavy atom. The SMILES string of the molecule is O=C(/C=C/c1ccc(O)cc1)OCC1=C[C@@H](O)[C@@H]2C=CO[C@@H](O)[C@H]12. The zero-order valence-electron chi connectivity index (χ0n) is 12.8. The lowest BCUT2D eigenvalue weighted by atomic mass is 9.88. The molecule has 24 heavy (non-hydrogen) atoms. The molecule has 0 radical (unpaired) electrons. The lowest BCUT2D eigenvalue weighted by Gasteiger charge is -2.29. The van der Waals surface area contributed by atoms with E-state index in [2.05, 4.69) is 0 Å². The Bertz CT molecular complexity index is 688. The third-order valence-corrected chi connectivity index (χ3v) is 4.13. The van der Waals surface area contributed by atoms with Crippen LogP contribution in [0.2, 0.25) is 0 Å². The summed E-state index contributed by atoms with van der Waals surface area (Å²) in [6.45, 7) is -0.0226. The van der Waals surface area contributed by atoms with Crippen molar-refractivity contribution in [3.8, 4) is 5.75 Å². The molecule has 0 aromatic heterocycles. The number of ether oxygens (including phenoxy) is 2. The van der Waals surface area contributed by atoms with E-state index in [4.69, 9.17) is 9.47 Å². The number of aliphatic hydroxyl groups is 2. The first-order valence-electron chi connectivity index (χ1n) is 7.57. The minimum atomic E-state index is -1.06. The summed E-state index contributed by atoms with van der Waals surface area (Å²) in [6, 6.07) is 6.38. The normalized spacial score (nSPS) is 28.3. The molecule has 0 amide bonds. The maximum atomic E-state index is 11.8. The Morgan fingerprint density at radius 3 is 2.75 bits per heavy atom. The second-order valence-corrected chi connectivity index (χ2v) is 5.72. The van der Waals surface area contributed by atoms with Crippen LogP contribution in [0.3, 0.4) is 0 Å². The number of hydrogen-bond donors (Lipinski definition) is 3. The van der Waals surface area contributed by atoms with Crippen LogP contribution in [0.25, 0.3) is 6.08 Å². The fraction of sp³-hybridized carbons (Fsp3) is 0.278. The molecule has 0 fully saturated rings. The number of rotatable bonds is 4. The molecule has 1 aliphatic heterocycles. The average Bonchev–Trinajstić information content (AvgIpc) is 2.90. The summed E-state index contributed by atoms with van der Waals surface area (Å²) in [4.78, 5) is 11.8. The van der Waals surface area contributed by atoms with Gasteiger partial charge in [-0.15, -0.1) is 0 Å². The first-order valence-corrected chi connectivity index (χ1v) is 7.57. The Balaban J connectivity index is 1.57. The first-order chi connectivity index (χ1) is 11.5. The number of fused-ring (bicyclic) bond motifs is 1. The summed E-state index contributed by atoms with van der Waals surface area (Å²) in [5.41, 5.74) is 1.39. The minimum Gasteiger partial charge on any atom is -0.508 e. The number of phenolic OH excluding ortho intramolecular Hbond substituents is 1. The highest BCUT2D eigenvalue weighted by Gasteiger charge is 2.42. The van der Waals surface area contributed by atoms with E-state index in [1.165, 1.54) is 24.5 Å². The van der Waals surface area contributed by atoms with Gasteiger partial charge in [0.1, 0.15) is 12.4 Å². The summed E-state index contributed by atoms with van der Waals surface area (Å²) in [6.07, 6.45) is 5.72. The van der Waals surface area contributed by atoms with Crippen LogP contribution in [0.5, 0.6) is 5.75 Å². The molecule has 0 unspecified atom stereocenters. The molecule has 1 aliphatic carbocycles. The molecule has 1 heterocycles. The van der Waals surface area contributed by atoms with Gasteiger partial charge < -0.3 is 24.8 Å². The van der Waals surface area contributed by atoms with E-state index in [0.29, 0.717) is 5.57 Å². The number of esters is 1. The van der Waals surface area contributed by atoms with Gasteiger partial charge in [0.15, 0.2) is 0 Å². The van der Waals surface area contributed by atoms with Gasteiger partial charge in [-0.3, -0.25) is 0 Å². The molecule has 126 valence electrons. The van der Waals surface area contributed by atoms with Crippen LogP contribution >= 0.6 is 0 Å². The standard InChI is InChI=1S/C18H18O6/c19-13-4-1-11(2-5-13)3-6-16(21)24-10-12-9-15(20)14-7-8-23-18(22)17(12)14/h1-9,14-15,17-20,22H,10H2/b6-3+/t14-,15+,17+,18+/m0/s1. The molecule has 0 bridgehead atoms.